The first kappa shape index (κ1) is 21.6. The third kappa shape index (κ3) is 5.93. The Morgan fingerprint density at radius 3 is 2.45 bits per heavy atom. The molecule has 7 heteroatoms. The SMILES string of the molecule is COc1cc(/C=C/C(=O)Oc2ccc([N+](=O)[O-])cc2)ccc1OCc1ccccc1C. The van der Waals surface area contributed by atoms with E-state index in [2.05, 4.69) is 0 Å². The van der Waals surface area contributed by atoms with E-state index < -0.39 is 10.9 Å². The number of carbonyl (C=O) groups excluding carboxylic acids is 1. The average Bonchev–Trinajstić information content (AvgIpc) is 2.77. The van der Waals surface area contributed by atoms with Crippen molar-refractivity contribution in [2.75, 3.05) is 7.11 Å². The fraction of sp³-hybridized carbons (Fsp3) is 0.125. The quantitative estimate of drug-likeness (QED) is 0.166. The molecule has 0 unspecified atom stereocenters. The van der Waals surface area contributed by atoms with Crippen LogP contribution in [0.15, 0.2) is 72.8 Å². The number of nitro benzene ring substituents is 1. The van der Waals surface area contributed by atoms with Crippen LogP contribution in [-0.2, 0) is 11.4 Å². The summed E-state index contributed by atoms with van der Waals surface area (Å²) in [5.74, 6) is 0.751. The van der Waals surface area contributed by atoms with Gasteiger partial charge in [-0.1, -0.05) is 30.3 Å². The summed E-state index contributed by atoms with van der Waals surface area (Å²) in [6.07, 6.45) is 2.85. The van der Waals surface area contributed by atoms with E-state index in [4.69, 9.17) is 14.2 Å². The second kappa shape index (κ2) is 10.1. The van der Waals surface area contributed by atoms with Crippen LogP contribution < -0.4 is 14.2 Å². The molecule has 0 aromatic heterocycles. The summed E-state index contributed by atoms with van der Waals surface area (Å²) in [4.78, 5) is 22.2. The molecule has 0 fully saturated rings. The minimum Gasteiger partial charge on any atom is -0.493 e. The number of hydrogen-bond donors (Lipinski definition) is 0. The third-order valence-corrected chi connectivity index (χ3v) is 4.51. The van der Waals surface area contributed by atoms with E-state index in [9.17, 15) is 14.9 Å². The van der Waals surface area contributed by atoms with Crippen LogP contribution in [0.4, 0.5) is 5.69 Å². The van der Waals surface area contributed by atoms with Crippen LogP contribution in [0.1, 0.15) is 16.7 Å². The number of ether oxygens (including phenoxy) is 3. The van der Waals surface area contributed by atoms with E-state index in [1.54, 1.807) is 31.4 Å². The highest BCUT2D eigenvalue weighted by Gasteiger charge is 2.08. The Hall–Kier alpha value is -4.13. The van der Waals surface area contributed by atoms with Crippen molar-refractivity contribution in [2.24, 2.45) is 0 Å². The summed E-state index contributed by atoms with van der Waals surface area (Å²) in [5, 5.41) is 10.7. The highest BCUT2D eigenvalue weighted by atomic mass is 16.6. The summed E-state index contributed by atoms with van der Waals surface area (Å²) in [6.45, 7) is 2.44. The van der Waals surface area contributed by atoms with Gasteiger partial charge in [0, 0.05) is 18.2 Å². The van der Waals surface area contributed by atoms with Crippen molar-refractivity contribution in [3.8, 4) is 17.2 Å². The number of nitro groups is 1. The molecule has 0 amide bonds. The van der Waals surface area contributed by atoms with Crippen LogP contribution in [0.3, 0.4) is 0 Å². The maximum Gasteiger partial charge on any atom is 0.336 e. The number of benzene rings is 3. The second-order valence-electron chi connectivity index (χ2n) is 6.63. The van der Waals surface area contributed by atoms with Crippen molar-refractivity contribution in [1.82, 2.24) is 0 Å². The fourth-order valence-corrected chi connectivity index (χ4v) is 2.78. The molecule has 0 aliphatic rings. The van der Waals surface area contributed by atoms with Gasteiger partial charge in [-0.15, -0.1) is 0 Å². The molecule has 0 radical (unpaired) electrons. The van der Waals surface area contributed by atoms with E-state index in [-0.39, 0.29) is 11.4 Å². The van der Waals surface area contributed by atoms with Gasteiger partial charge in [-0.3, -0.25) is 10.1 Å². The first-order valence-corrected chi connectivity index (χ1v) is 9.46. The topological polar surface area (TPSA) is 87.9 Å². The molecule has 31 heavy (non-hydrogen) atoms. The molecular weight excluding hydrogens is 398 g/mol. The Morgan fingerprint density at radius 2 is 1.77 bits per heavy atom. The number of non-ortho nitro benzene ring substituents is 1. The molecule has 0 heterocycles. The van der Waals surface area contributed by atoms with Crippen LogP contribution >= 0.6 is 0 Å². The lowest BCUT2D eigenvalue weighted by atomic mass is 10.1. The highest BCUT2D eigenvalue weighted by Crippen LogP contribution is 2.29. The summed E-state index contributed by atoms with van der Waals surface area (Å²) < 4.78 is 16.4. The summed E-state index contributed by atoms with van der Waals surface area (Å²) in [5.41, 5.74) is 2.88. The van der Waals surface area contributed by atoms with Gasteiger partial charge >= 0.3 is 5.97 Å². The molecule has 0 saturated heterocycles. The Balaban J connectivity index is 1.63. The van der Waals surface area contributed by atoms with Gasteiger partial charge in [0.15, 0.2) is 11.5 Å². The van der Waals surface area contributed by atoms with E-state index in [0.29, 0.717) is 18.1 Å². The number of hydrogen-bond acceptors (Lipinski definition) is 6. The molecule has 0 saturated carbocycles. The number of rotatable bonds is 8. The Morgan fingerprint density at radius 1 is 1.03 bits per heavy atom. The lowest BCUT2D eigenvalue weighted by Gasteiger charge is -2.12. The molecule has 3 rings (SSSR count). The van der Waals surface area contributed by atoms with Gasteiger partial charge in [-0.05, 0) is 54.0 Å². The first-order valence-electron chi connectivity index (χ1n) is 9.46. The molecule has 0 bridgehead atoms. The average molecular weight is 419 g/mol. The van der Waals surface area contributed by atoms with Crippen LogP contribution in [0, 0.1) is 17.0 Å². The molecule has 0 N–H and O–H groups in total. The number of esters is 1. The van der Waals surface area contributed by atoms with E-state index >= 15 is 0 Å². The highest BCUT2D eigenvalue weighted by molar-refractivity contribution is 5.88. The van der Waals surface area contributed by atoms with Gasteiger partial charge in [-0.2, -0.15) is 0 Å². The molecule has 0 aliphatic carbocycles. The van der Waals surface area contributed by atoms with Crippen LogP contribution in [0.5, 0.6) is 17.2 Å². The molecule has 0 aliphatic heterocycles. The monoisotopic (exact) mass is 419 g/mol. The predicted molar refractivity (Wildman–Crippen MR) is 116 cm³/mol. The minimum absolute atomic E-state index is 0.0767. The summed E-state index contributed by atoms with van der Waals surface area (Å²) >= 11 is 0. The Bertz CT molecular complexity index is 1110. The van der Waals surface area contributed by atoms with Crippen molar-refractivity contribution >= 4 is 17.7 Å². The molecule has 7 nitrogen and oxygen atoms in total. The van der Waals surface area contributed by atoms with Crippen molar-refractivity contribution in [3.05, 3.63) is 99.6 Å². The van der Waals surface area contributed by atoms with Gasteiger partial charge < -0.3 is 14.2 Å². The summed E-state index contributed by atoms with van der Waals surface area (Å²) in [7, 11) is 1.55. The third-order valence-electron chi connectivity index (χ3n) is 4.51. The van der Waals surface area contributed by atoms with E-state index in [0.717, 1.165) is 16.7 Å². The maximum atomic E-state index is 12.0. The summed E-state index contributed by atoms with van der Waals surface area (Å²) in [6, 6.07) is 18.6. The lowest BCUT2D eigenvalue weighted by molar-refractivity contribution is -0.384. The molecule has 3 aromatic carbocycles. The van der Waals surface area contributed by atoms with Gasteiger partial charge in [-0.25, -0.2) is 4.79 Å². The minimum atomic E-state index is -0.604. The lowest BCUT2D eigenvalue weighted by Crippen LogP contribution is -2.03. The zero-order valence-electron chi connectivity index (χ0n) is 17.1. The predicted octanol–water partition coefficient (Wildman–Crippen LogP) is 5.11. The first-order chi connectivity index (χ1) is 15.0. The Kier molecular flexibility index (Phi) is 7.01. The van der Waals surface area contributed by atoms with Crippen LogP contribution in [0.2, 0.25) is 0 Å². The van der Waals surface area contributed by atoms with Gasteiger partial charge in [0.1, 0.15) is 12.4 Å². The zero-order chi connectivity index (χ0) is 22.2. The number of methoxy groups -OCH3 is 1. The van der Waals surface area contributed by atoms with Gasteiger partial charge in [0.2, 0.25) is 0 Å². The van der Waals surface area contributed by atoms with Gasteiger partial charge in [0.05, 0.1) is 12.0 Å². The van der Waals surface area contributed by atoms with Crippen molar-refractivity contribution in [3.63, 3.8) is 0 Å². The smallest absolute Gasteiger partial charge is 0.336 e. The van der Waals surface area contributed by atoms with Crippen molar-refractivity contribution in [2.45, 2.75) is 13.5 Å². The van der Waals surface area contributed by atoms with Gasteiger partial charge in [0.25, 0.3) is 5.69 Å². The molecule has 0 spiro atoms. The normalized spacial score (nSPS) is 10.6. The number of aryl methyl sites for hydroxylation is 1. The molecule has 3 aromatic rings. The van der Waals surface area contributed by atoms with E-state index in [1.165, 1.54) is 30.3 Å². The molecular formula is C24H21NO6. The molecule has 0 atom stereocenters. The van der Waals surface area contributed by atoms with Crippen molar-refractivity contribution in [1.29, 1.82) is 0 Å². The zero-order valence-corrected chi connectivity index (χ0v) is 17.1. The van der Waals surface area contributed by atoms with Crippen LogP contribution in [0.25, 0.3) is 6.08 Å². The maximum absolute atomic E-state index is 12.0. The second-order valence-corrected chi connectivity index (χ2v) is 6.63. The fourth-order valence-electron chi connectivity index (χ4n) is 2.78. The number of carbonyl (C=O) groups is 1. The van der Waals surface area contributed by atoms with Crippen LogP contribution in [-0.4, -0.2) is 18.0 Å². The Labute approximate surface area is 179 Å². The standard InChI is InChI=1S/C24H21NO6/c1-17-5-3-4-6-19(17)16-30-22-13-7-18(15-23(22)29-2)8-14-24(26)31-21-11-9-20(10-12-21)25(27)28/h3-15H,16H2,1-2H3/b14-8+. The largest absolute Gasteiger partial charge is 0.493 e. The van der Waals surface area contributed by atoms with Crippen molar-refractivity contribution < 1.29 is 23.9 Å². The molecule has 158 valence electrons. The number of nitrogens with zero attached hydrogens (tertiary/aromatic N) is 1. The van der Waals surface area contributed by atoms with E-state index in [1.807, 2.05) is 31.2 Å².